The van der Waals surface area contributed by atoms with E-state index < -0.39 is 35.6 Å². The van der Waals surface area contributed by atoms with Gasteiger partial charge in [-0.2, -0.15) is 5.10 Å². The van der Waals surface area contributed by atoms with Gasteiger partial charge in [-0.3, -0.25) is 14.9 Å². The van der Waals surface area contributed by atoms with Gasteiger partial charge in [-0.25, -0.2) is 14.3 Å². The maximum Gasteiger partial charge on any atom is 0.363 e. The minimum Gasteiger partial charge on any atom is -0.497 e. The van der Waals surface area contributed by atoms with Crippen molar-refractivity contribution in [1.82, 2.24) is 15.1 Å². The average Bonchev–Trinajstić information content (AvgIpc) is 2.78. The Bertz CT molecular complexity index is 1190. The van der Waals surface area contributed by atoms with Gasteiger partial charge in [0.15, 0.2) is 6.61 Å². The average molecular weight is 436 g/mol. The Morgan fingerprint density at radius 2 is 1.72 bits per heavy atom. The van der Waals surface area contributed by atoms with Gasteiger partial charge in [-0.1, -0.05) is 18.2 Å². The molecule has 3 rings (SSSR count). The van der Waals surface area contributed by atoms with Crippen molar-refractivity contribution in [2.45, 2.75) is 6.92 Å². The number of ether oxygens (including phenoxy) is 2. The molecule has 2 aromatic carbocycles. The number of anilines is 1. The lowest BCUT2D eigenvalue weighted by atomic mass is 10.3. The standard InChI is InChI=1S/C22H20N4O6/c1-14-12-18(27)20(25-26(14)16-6-4-3-5-7-16)21(29)32-13-19(28)24-22(30)23-15-8-10-17(31-2)11-9-15/h3-12H,13H2,1-2H3,(H2,23,24,28,30). The molecule has 10 heteroatoms. The fourth-order valence-electron chi connectivity index (χ4n) is 2.72. The molecule has 1 aromatic heterocycles. The number of para-hydroxylation sites is 1. The smallest absolute Gasteiger partial charge is 0.363 e. The number of benzene rings is 2. The van der Waals surface area contributed by atoms with Gasteiger partial charge in [-0.15, -0.1) is 0 Å². The van der Waals surface area contributed by atoms with Gasteiger partial charge in [0.2, 0.25) is 11.1 Å². The largest absolute Gasteiger partial charge is 0.497 e. The normalized spacial score (nSPS) is 10.2. The van der Waals surface area contributed by atoms with Crippen LogP contribution in [0.3, 0.4) is 0 Å². The van der Waals surface area contributed by atoms with E-state index in [1.54, 1.807) is 55.5 Å². The van der Waals surface area contributed by atoms with Crippen molar-refractivity contribution in [2.75, 3.05) is 19.0 Å². The summed E-state index contributed by atoms with van der Waals surface area (Å²) in [7, 11) is 1.51. The number of nitrogens with one attached hydrogen (secondary N) is 2. The minimum absolute atomic E-state index is 0.429. The number of urea groups is 1. The van der Waals surface area contributed by atoms with E-state index in [0.717, 1.165) is 0 Å². The summed E-state index contributed by atoms with van der Waals surface area (Å²) in [4.78, 5) is 48.3. The van der Waals surface area contributed by atoms with Crippen LogP contribution in [0.1, 0.15) is 16.2 Å². The maximum atomic E-state index is 12.3. The van der Waals surface area contributed by atoms with E-state index in [-0.39, 0.29) is 0 Å². The van der Waals surface area contributed by atoms with Gasteiger partial charge in [-0.05, 0) is 43.3 Å². The molecule has 0 spiro atoms. The molecular weight excluding hydrogens is 416 g/mol. The van der Waals surface area contributed by atoms with Crippen LogP contribution < -0.4 is 20.8 Å². The first-order valence-corrected chi connectivity index (χ1v) is 9.46. The topological polar surface area (TPSA) is 129 Å². The van der Waals surface area contributed by atoms with Gasteiger partial charge in [0.1, 0.15) is 5.75 Å². The third-order valence-corrected chi connectivity index (χ3v) is 4.24. The van der Waals surface area contributed by atoms with Crippen molar-refractivity contribution in [2.24, 2.45) is 0 Å². The first-order valence-electron chi connectivity index (χ1n) is 9.46. The molecule has 0 unspecified atom stereocenters. The molecule has 0 bridgehead atoms. The molecule has 0 atom stereocenters. The number of rotatable bonds is 6. The lowest BCUT2D eigenvalue weighted by Gasteiger charge is -2.11. The molecule has 0 fully saturated rings. The van der Waals surface area contributed by atoms with Gasteiger partial charge in [0.25, 0.3) is 5.91 Å². The van der Waals surface area contributed by atoms with E-state index in [1.807, 2.05) is 11.4 Å². The van der Waals surface area contributed by atoms with Crippen molar-refractivity contribution in [1.29, 1.82) is 0 Å². The number of nitrogens with zero attached hydrogens (tertiary/aromatic N) is 2. The number of carbonyl (C=O) groups is 3. The molecule has 1 heterocycles. The van der Waals surface area contributed by atoms with Gasteiger partial charge < -0.3 is 14.8 Å². The second-order valence-electron chi connectivity index (χ2n) is 6.55. The Morgan fingerprint density at radius 3 is 2.38 bits per heavy atom. The van der Waals surface area contributed by atoms with Crippen LogP contribution in [0.25, 0.3) is 5.69 Å². The van der Waals surface area contributed by atoms with Crippen LogP contribution in [-0.4, -0.2) is 41.4 Å². The van der Waals surface area contributed by atoms with E-state index in [9.17, 15) is 19.2 Å². The number of imide groups is 1. The van der Waals surface area contributed by atoms with Gasteiger partial charge >= 0.3 is 12.0 Å². The molecule has 2 N–H and O–H groups in total. The van der Waals surface area contributed by atoms with Crippen LogP contribution >= 0.6 is 0 Å². The van der Waals surface area contributed by atoms with Crippen molar-refractivity contribution in [3.8, 4) is 11.4 Å². The molecular formula is C22H20N4O6. The highest BCUT2D eigenvalue weighted by Gasteiger charge is 2.19. The fourth-order valence-corrected chi connectivity index (χ4v) is 2.72. The van der Waals surface area contributed by atoms with Crippen LogP contribution in [0.5, 0.6) is 5.75 Å². The van der Waals surface area contributed by atoms with Gasteiger partial charge in [0.05, 0.1) is 12.8 Å². The number of hydrogen-bond acceptors (Lipinski definition) is 7. The quantitative estimate of drug-likeness (QED) is 0.566. The summed E-state index contributed by atoms with van der Waals surface area (Å²) in [6.45, 7) is 0.903. The molecule has 0 aliphatic carbocycles. The molecule has 0 radical (unpaired) electrons. The van der Waals surface area contributed by atoms with Crippen LogP contribution in [0.4, 0.5) is 10.5 Å². The summed E-state index contributed by atoms with van der Waals surface area (Å²) in [6, 6.07) is 15.8. The van der Waals surface area contributed by atoms with Gasteiger partial charge in [0, 0.05) is 17.4 Å². The maximum absolute atomic E-state index is 12.3. The highest BCUT2D eigenvalue weighted by Crippen LogP contribution is 2.14. The molecule has 3 amide bonds. The van der Waals surface area contributed by atoms with Crippen molar-refractivity contribution >= 4 is 23.6 Å². The van der Waals surface area contributed by atoms with Crippen LogP contribution in [-0.2, 0) is 9.53 Å². The molecule has 0 saturated carbocycles. The lowest BCUT2D eigenvalue weighted by molar-refractivity contribution is -0.123. The number of hydrogen-bond donors (Lipinski definition) is 2. The van der Waals surface area contributed by atoms with Crippen LogP contribution in [0.15, 0.2) is 65.5 Å². The predicted molar refractivity (Wildman–Crippen MR) is 115 cm³/mol. The van der Waals surface area contributed by atoms with Crippen molar-refractivity contribution < 1.29 is 23.9 Å². The highest BCUT2D eigenvalue weighted by atomic mass is 16.5. The Kier molecular flexibility index (Phi) is 6.96. The number of esters is 1. The zero-order valence-corrected chi connectivity index (χ0v) is 17.3. The Labute approximate surface area is 182 Å². The predicted octanol–water partition coefficient (Wildman–Crippen LogP) is 2.05. The zero-order valence-electron chi connectivity index (χ0n) is 17.3. The summed E-state index contributed by atoms with van der Waals surface area (Å²) in [5.41, 5.74) is 0.475. The van der Waals surface area contributed by atoms with Crippen LogP contribution in [0, 0.1) is 6.92 Å². The van der Waals surface area contributed by atoms with E-state index >= 15 is 0 Å². The second kappa shape index (κ2) is 10.0. The Morgan fingerprint density at radius 1 is 1.03 bits per heavy atom. The van der Waals surface area contributed by atoms with E-state index in [1.165, 1.54) is 17.9 Å². The van der Waals surface area contributed by atoms with E-state index in [2.05, 4.69) is 10.4 Å². The first kappa shape index (κ1) is 22.2. The molecule has 3 aromatic rings. The summed E-state index contributed by atoms with van der Waals surface area (Å²) < 4.78 is 11.3. The molecule has 32 heavy (non-hydrogen) atoms. The minimum atomic E-state index is -1.08. The number of amides is 3. The third-order valence-electron chi connectivity index (χ3n) is 4.24. The van der Waals surface area contributed by atoms with E-state index in [4.69, 9.17) is 9.47 Å². The molecule has 0 saturated heterocycles. The number of carbonyl (C=O) groups excluding carboxylic acids is 3. The van der Waals surface area contributed by atoms with Crippen molar-refractivity contribution in [3.05, 3.63) is 82.3 Å². The SMILES string of the molecule is COc1ccc(NC(=O)NC(=O)COC(=O)c2nn(-c3ccccc3)c(C)cc2=O)cc1. The summed E-state index contributed by atoms with van der Waals surface area (Å²) in [5.74, 6) is -1.35. The first-order chi connectivity index (χ1) is 15.4. The van der Waals surface area contributed by atoms with Crippen LogP contribution in [0.2, 0.25) is 0 Å². The number of methoxy groups -OCH3 is 1. The Balaban J connectivity index is 1.59. The molecule has 10 nitrogen and oxygen atoms in total. The second-order valence-corrected chi connectivity index (χ2v) is 6.55. The fraction of sp³-hybridized carbons (Fsp3) is 0.136. The monoisotopic (exact) mass is 436 g/mol. The van der Waals surface area contributed by atoms with E-state index in [0.29, 0.717) is 22.8 Å². The lowest BCUT2D eigenvalue weighted by Crippen LogP contribution is -2.37. The van der Waals surface area contributed by atoms with Crippen molar-refractivity contribution in [3.63, 3.8) is 0 Å². The summed E-state index contributed by atoms with van der Waals surface area (Å²) >= 11 is 0. The number of aromatic nitrogens is 2. The highest BCUT2D eigenvalue weighted by molar-refractivity contribution is 6.02. The molecule has 164 valence electrons. The molecule has 0 aliphatic heterocycles. The summed E-state index contributed by atoms with van der Waals surface area (Å²) in [6.07, 6.45) is 0. The zero-order chi connectivity index (χ0) is 23.1. The Hall–Kier alpha value is -4.47. The third kappa shape index (κ3) is 5.57. The number of aryl methyl sites for hydroxylation is 1. The molecule has 0 aliphatic rings. The summed E-state index contributed by atoms with van der Waals surface area (Å²) in [5, 5.41) is 8.53.